The second-order valence-electron chi connectivity index (χ2n) is 6.99. The van der Waals surface area contributed by atoms with Gasteiger partial charge in [0.25, 0.3) is 5.91 Å². The van der Waals surface area contributed by atoms with Crippen LogP contribution in [0, 0.1) is 0 Å². The highest BCUT2D eigenvalue weighted by molar-refractivity contribution is 7.89. The number of carbonyl (C=O) groups is 2. The van der Waals surface area contributed by atoms with Gasteiger partial charge in [0.1, 0.15) is 5.54 Å². The standard InChI is InChI=1S/C19H23N3O4S/c1-19(16-11-6-9-14-8-4-5-10-15(14)16)17(23)22(18(24)20-19)12-7-13-27(25,26)21(2)3/h4-6,8-11H,7,12-13H2,1-3H3,(H,20,24)/t19-/m1/s1. The van der Waals surface area contributed by atoms with Gasteiger partial charge >= 0.3 is 6.03 Å². The number of rotatable bonds is 6. The van der Waals surface area contributed by atoms with Gasteiger partial charge in [0.15, 0.2) is 0 Å². The van der Waals surface area contributed by atoms with Crippen LogP contribution in [0.4, 0.5) is 4.79 Å². The minimum Gasteiger partial charge on any atom is -0.319 e. The van der Waals surface area contributed by atoms with E-state index in [1.807, 2.05) is 42.5 Å². The van der Waals surface area contributed by atoms with Gasteiger partial charge in [0, 0.05) is 20.6 Å². The van der Waals surface area contributed by atoms with Gasteiger partial charge in [-0.05, 0) is 29.7 Å². The molecule has 1 heterocycles. The molecule has 1 N–H and O–H groups in total. The Morgan fingerprint density at radius 1 is 1.07 bits per heavy atom. The summed E-state index contributed by atoms with van der Waals surface area (Å²) >= 11 is 0. The van der Waals surface area contributed by atoms with E-state index in [9.17, 15) is 18.0 Å². The summed E-state index contributed by atoms with van der Waals surface area (Å²) in [6.07, 6.45) is 0.186. The van der Waals surface area contributed by atoms with E-state index in [2.05, 4.69) is 5.32 Å². The third-order valence-corrected chi connectivity index (χ3v) is 6.86. The van der Waals surface area contributed by atoms with E-state index in [4.69, 9.17) is 0 Å². The molecule has 0 saturated carbocycles. The van der Waals surface area contributed by atoms with Crippen molar-refractivity contribution in [1.82, 2.24) is 14.5 Å². The molecule has 1 aliphatic heterocycles. The topological polar surface area (TPSA) is 86.8 Å². The van der Waals surface area contributed by atoms with Crippen LogP contribution >= 0.6 is 0 Å². The maximum Gasteiger partial charge on any atom is 0.325 e. The summed E-state index contributed by atoms with van der Waals surface area (Å²) in [5.74, 6) is -0.492. The van der Waals surface area contributed by atoms with Crippen molar-refractivity contribution < 1.29 is 18.0 Å². The Bertz CT molecular complexity index is 998. The number of amides is 3. The number of nitrogens with zero attached hydrogens (tertiary/aromatic N) is 2. The molecule has 0 radical (unpaired) electrons. The first kappa shape index (κ1) is 19.3. The average molecular weight is 389 g/mol. The molecule has 0 bridgehead atoms. The summed E-state index contributed by atoms with van der Waals surface area (Å²) in [5.41, 5.74) is -0.458. The Balaban J connectivity index is 1.84. The monoisotopic (exact) mass is 389 g/mol. The normalized spacial score (nSPS) is 20.5. The summed E-state index contributed by atoms with van der Waals surface area (Å²) in [4.78, 5) is 26.6. The van der Waals surface area contributed by atoms with Gasteiger partial charge in [0.2, 0.25) is 10.0 Å². The van der Waals surface area contributed by atoms with Crippen LogP contribution < -0.4 is 5.32 Å². The zero-order valence-corrected chi connectivity index (χ0v) is 16.4. The van der Waals surface area contributed by atoms with Crippen LogP contribution in [0.3, 0.4) is 0 Å². The fourth-order valence-corrected chi connectivity index (χ4v) is 4.19. The third kappa shape index (κ3) is 3.42. The summed E-state index contributed by atoms with van der Waals surface area (Å²) in [5, 5.41) is 4.66. The molecule has 0 aromatic heterocycles. The van der Waals surface area contributed by atoms with Gasteiger partial charge < -0.3 is 5.32 Å². The van der Waals surface area contributed by atoms with Crippen LogP contribution in [0.25, 0.3) is 10.8 Å². The molecule has 3 rings (SSSR count). The van der Waals surface area contributed by atoms with E-state index >= 15 is 0 Å². The van der Waals surface area contributed by atoms with Crippen LogP contribution in [0.1, 0.15) is 18.9 Å². The Morgan fingerprint density at radius 2 is 1.74 bits per heavy atom. The first-order valence-corrected chi connectivity index (χ1v) is 10.3. The summed E-state index contributed by atoms with van der Waals surface area (Å²) in [6, 6.07) is 12.8. The first-order chi connectivity index (χ1) is 12.7. The summed E-state index contributed by atoms with van der Waals surface area (Å²) < 4.78 is 24.9. The second kappa shape index (κ2) is 6.94. The molecule has 2 aromatic rings. The summed E-state index contributed by atoms with van der Waals surface area (Å²) in [7, 11) is -0.453. The SMILES string of the molecule is CN(C)S(=O)(=O)CCCN1C(=O)N[C@](C)(c2cccc3ccccc23)C1=O. The number of benzene rings is 2. The van der Waals surface area contributed by atoms with Gasteiger partial charge in [-0.25, -0.2) is 17.5 Å². The highest BCUT2D eigenvalue weighted by atomic mass is 32.2. The molecule has 1 fully saturated rings. The molecule has 3 amide bonds. The van der Waals surface area contributed by atoms with Crippen LogP contribution in [0.5, 0.6) is 0 Å². The molecule has 1 saturated heterocycles. The van der Waals surface area contributed by atoms with Gasteiger partial charge in [-0.1, -0.05) is 42.5 Å². The van der Waals surface area contributed by atoms with Crippen LogP contribution in [-0.4, -0.2) is 56.0 Å². The number of hydrogen-bond donors (Lipinski definition) is 1. The van der Waals surface area contributed by atoms with Crippen molar-refractivity contribution in [1.29, 1.82) is 0 Å². The van der Waals surface area contributed by atoms with Crippen molar-refractivity contribution in [2.45, 2.75) is 18.9 Å². The number of hydrogen-bond acceptors (Lipinski definition) is 4. The molecule has 27 heavy (non-hydrogen) atoms. The largest absolute Gasteiger partial charge is 0.325 e. The number of imide groups is 1. The smallest absolute Gasteiger partial charge is 0.319 e. The number of carbonyl (C=O) groups excluding carboxylic acids is 2. The van der Waals surface area contributed by atoms with E-state index in [-0.39, 0.29) is 24.6 Å². The predicted molar refractivity (Wildman–Crippen MR) is 104 cm³/mol. The Labute approximate surface area is 159 Å². The predicted octanol–water partition coefficient (Wildman–Crippen LogP) is 1.89. The van der Waals surface area contributed by atoms with Crippen molar-refractivity contribution in [2.75, 3.05) is 26.4 Å². The first-order valence-electron chi connectivity index (χ1n) is 8.69. The molecule has 0 spiro atoms. The van der Waals surface area contributed by atoms with Crippen molar-refractivity contribution in [3.8, 4) is 0 Å². The van der Waals surface area contributed by atoms with Gasteiger partial charge in [0.05, 0.1) is 5.75 Å². The lowest BCUT2D eigenvalue weighted by molar-refractivity contribution is -0.131. The van der Waals surface area contributed by atoms with E-state index in [0.717, 1.165) is 25.5 Å². The van der Waals surface area contributed by atoms with Crippen molar-refractivity contribution >= 4 is 32.7 Å². The number of fused-ring (bicyclic) bond motifs is 1. The molecule has 0 unspecified atom stereocenters. The Kier molecular flexibility index (Phi) is 4.96. The molecule has 7 nitrogen and oxygen atoms in total. The molecule has 144 valence electrons. The number of urea groups is 1. The molecular formula is C19H23N3O4S. The molecule has 1 atom stereocenters. The molecule has 8 heteroatoms. The lowest BCUT2D eigenvalue weighted by Gasteiger charge is -2.24. The maximum absolute atomic E-state index is 13.1. The van der Waals surface area contributed by atoms with Gasteiger partial charge in [-0.2, -0.15) is 0 Å². The fraction of sp³-hybridized carbons (Fsp3) is 0.368. The average Bonchev–Trinajstić information content (AvgIpc) is 2.85. The molecular weight excluding hydrogens is 366 g/mol. The van der Waals surface area contributed by atoms with E-state index in [1.165, 1.54) is 14.1 Å². The van der Waals surface area contributed by atoms with Gasteiger partial charge in [-0.15, -0.1) is 0 Å². The minimum atomic E-state index is -3.37. The van der Waals surface area contributed by atoms with E-state index in [1.54, 1.807) is 6.92 Å². The van der Waals surface area contributed by atoms with Crippen molar-refractivity contribution in [2.24, 2.45) is 0 Å². The number of sulfonamides is 1. The van der Waals surface area contributed by atoms with Crippen LogP contribution in [-0.2, 0) is 20.4 Å². The highest BCUT2D eigenvalue weighted by Gasteiger charge is 2.49. The van der Waals surface area contributed by atoms with Crippen LogP contribution in [0.15, 0.2) is 42.5 Å². The lowest BCUT2D eigenvalue weighted by atomic mass is 9.88. The number of nitrogens with one attached hydrogen (secondary N) is 1. The molecule has 0 aliphatic carbocycles. The quantitative estimate of drug-likeness (QED) is 0.765. The van der Waals surface area contributed by atoms with Crippen molar-refractivity contribution in [3.63, 3.8) is 0 Å². The van der Waals surface area contributed by atoms with Crippen LogP contribution in [0.2, 0.25) is 0 Å². The lowest BCUT2D eigenvalue weighted by Crippen LogP contribution is -2.41. The maximum atomic E-state index is 13.1. The zero-order valence-electron chi connectivity index (χ0n) is 15.6. The molecule has 2 aromatic carbocycles. The van der Waals surface area contributed by atoms with Gasteiger partial charge in [-0.3, -0.25) is 9.69 Å². The third-order valence-electron chi connectivity index (χ3n) is 4.94. The second-order valence-corrected chi connectivity index (χ2v) is 9.29. The Morgan fingerprint density at radius 3 is 2.44 bits per heavy atom. The molecule has 1 aliphatic rings. The minimum absolute atomic E-state index is 0.0537. The zero-order chi connectivity index (χ0) is 19.8. The van der Waals surface area contributed by atoms with E-state index < -0.39 is 21.6 Å². The highest BCUT2D eigenvalue weighted by Crippen LogP contribution is 2.33. The Hall–Kier alpha value is -2.45. The van der Waals surface area contributed by atoms with Crippen molar-refractivity contribution in [3.05, 3.63) is 48.0 Å². The fourth-order valence-electron chi connectivity index (χ4n) is 3.33. The summed E-state index contributed by atoms with van der Waals surface area (Å²) in [6.45, 7) is 1.74. The van der Waals surface area contributed by atoms with E-state index in [0.29, 0.717) is 0 Å².